The highest BCUT2D eigenvalue weighted by atomic mass is 16.1. The van der Waals surface area contributed by atoms with Crippen molar-refractivity contribution in [3.05, 3.63) is 66.6 Å². The molecule has 1 fully saturated rings. The average molecular weight is 360 g/mol. The third-order valence-corrected chi connectivity index (χ3v) is 4.38. The van der Waals surface area contributed by atoms with Gasteiger partial charge in [-0.15, -0.1) is 0 Å². The Kier molecular flexibility index (Phi) is 4.91. The van der Waals surface area contributed by atoms with Gasteiger partial charge in [0.1, 0.15) is 5.82 Å². The van der Waals surface area contributed by atoms with Gasteiger partial charge in [-0.1, -0.05) is 6.07 Å². The molecule has 0 saturated carbocycles. The van der Waals surface area contributed by atoms with E-state index in [1.807, 2.05) is 24.3 Å². The molecule has 1 amide bonds. The van der Waals surface area contributed by atoms with Crippen molar-refractivity contribution in [2.45, 2.75) is 12.8 Å². The first-order valence-corrected chi connectivity index (χ1v) is 8.94. The number of anilines is 4. The molecule has 3 heterocycles. The minimum Gasteiger partial charge on any atom is -0.357 e. The summed E-state index contributed by atoms with van der Waals surface area (Å²) in [6.07, 6.45) is 7.43. The van der Waals surface area contributed by atoms with Crippen LogP contribution in [0.5, 0.6) is 0 Å². The number of amides is 1. The quantitative estimate of drug-likeness (QED) is 0.725. The van der Waals surface area contributed by atoms with Crippen LogP contribution >= 0.6 is 0 Å². The summed E-state index contributed by atoms with van der Waals surface area (Å²) in [4.78, 5) is 27.5. The zero-order valence-corrected chi connectivity index (χ0v) is 14.8. The highest BCUT2D eigenvalue weighted by Crippen LogP contribution is 2.20. The molecule has 1 aliphatic rings. The molecule has 0 bridgehead atoms. The van der Waals surface area contributed by atoms with E-state index in [9.17, 15) is 4.79 Å². The molecule has 2 aromatic heterocycles. The second-order valence-corrected chi connectivity index (χ2v) is 6.33. The maximum absolute atomic E-state index is 12.6. The minimum atomic E-state index is -0.191. The van der Waals surface area contributed by atoms with Crippen LogP contribution in [0, 0.1) is 0 Å². The molecule has 7 nitrogen and oxygen atoms in total. The first kappa shape index (κ1) is 17.0. The Morgan fingerprint density at radius 3 is 2.48 bits per heavy atom. The second-order valence-electron chi connectivity index (χ2n) is 6.33. The lowest BCUT2D eigenvalue weighted by Crippen LogP contribution is -2.19. The predicted octanol–water partition coefficient (Wildman–Crippen LogP) is 3.47. The van der Waals surface area contributed by atoms with Crippen LogP contribution in [-0.2, 0) is 0 Å². The van der Waals surface area contributed by atoms with E-state index >= 15 is 0 Å². The lowest BCUT2D eigenvalue weighted by Gasteiger charge is -2.16. The summed E-state index contributed by atoms with van der Waals surface area (Å²) in [7, 11) is 0. The highest BCUT2D eigenvalue weighted by molar-refractivity contribution is 6.04. The molecule has 2 N–H and O–H groups in total. The summed E-state index contributed by atoms with van der Waals surface area (Å²) < 4.78 is 0. The molecule has 4 rings (SSSR count). The molecule has 0 atom stereocenters. The number of pyridine rings is 1. The van der Waals surface area contributed by atoms with E-state index < -0.39 is 0 Å². The van der Waals surface area contributed by atoms with E-state index in [-0.39, 0.29) is 5.91 Å². The van der Waals surface area contributed by atoms with Gasteiger partial charge < -0.3 is 15.5 Å². The standard InChI is InChI=1S/C20H20N6O/c27-19(24-17-7-8-18(23-14-17)26-11-1-2-12-26)15-5-3-6-16(13-15)25-20-21-9-4-10-22-20/h3-10,13-14H,1-2,11-12H2,(H,24,27)(H,21,22,25). The molecule has 1 saturated heterocycles. The first-order valence-electron chi connectivity index (χ1n) is 8.94. The van der Waals surface area contributed by atoms with E-state index in [4.69, 9.17) is 0 Å². The van der Waals surface area contributed by atoms with Crippen LogP contribution in [-0.4, -0.2) is 33.9 Å². The van der Waals surface area contributed by atoms with Gasteiger partial charge in [0.15, 0.2) is 0 Å². The van der Waals surface area contributed by atoms with Gasteiger partial charge >= 0.3 is 0 Å². The van der Waals surface area contributed by atoms with E-state index in [2.05, 4.69) is 30.5 Å². The van der Waals surface area contributed by atoms with Crippen molar-refractivity contribution in [1.82, 2.24) is 15.0 Å². The van der Waals surface area contributed by atoms with Gasteiger partial charge in [0.05, 0.1) is 11.9 Å². The van der Waals surface area contributed by atoms with Crippen LogP contribution in [0.3, 0.4) is 0 Å². The molecule has 1 aliphatic heterocycles. The van der Waals surface area contributed by atoms with Crippen molar-refractivity contribution in [1.29, 1.82) is 0 Å². The Morgan fingerprint density at radius 2 is 1.74 bits per heavy atom. The van der Waals surface area contributed by atoms with E-state index in [0.29, 0.717) is 17.2 Å². The number of hydrogen-bond donors (Lipinski definition) is 2. The van der Waals surface area contributed by atoms with E-state index in [0.717, 1.165) is 24.6 Å². The van der Waals surface area contributed by atoms with Crippen LogP contribution in [0.4, 0.5) is 23.1 Å². The van der Waals surface area contributed by atoms with Crippen LogP contribution in [0.2, 0.25) is 0 Å². The lowest BCUT2D eigenvalue weighted by atomic mass is 10.2. The monoisotopic (exact) mass is 360 g/mol. The highest BCUT2D eigenvalue weighted by Gasteiger charge is 2.13. The molecule has 27 heavy (non-hydrogen) atoms. The van der Waals surface area contributed by atoms with E-state index in [1.165, 1.54) is 12.8 Å². The molecule has 0 spiro atoms. The number of aromatic nitrogens is 3. The number of nitrogens with zero attached hydrogens (tertiary/aromatic N) is 4. The topological polar surface area (TPSA) is 83.0 Å². The van der Waals surface area contributed by atoms with Crippen molar-refractivity contribution in [2.75, 3.05) is 28.6 Å². The van der Waals surface area contributed by atoms with Gasteiger partial charge in [-0.25, -0.2) is 15.0 Å². The summed E-state index contributed by atoms with van der Waals surface area (Å²) in [5.74, 6) is 1.25. The molecule has 136 valence electrons. The Balaban J connectivity index is 1.42. The molecular formula is C20H20N6O. The summed E-state index contributed by atoms with van der Waals surface area (Å²) in [6, 6.07) is 12.8. The normalized spacial score (nSPS) is 13.4. The maximum atomic E-state index is 12.6. The van der Waals surface area contributed by atoms with Crippen LogP contribution in [0.15, 0.2) is 61.1 Å². The maximum Gasteiger partial charge on any atom is 0.255 e. The fourth-order valence-corrected chi connectivity index (χ4v) is 3.03. The van der Waals surface area contributed by atoms with Gasteiger partial charge in [-0.3, -0.25) is 4.79 Å². The fourth-order valence-electron chi connectivity index (χ4n) is 3.03. The largest absolute Gasteiger partial charge is 0.357 e. The lowest BCUT2D eigenvalue weighted by molar-refractivity contribution is 0.102. The summed E-state index contributed by atoms with van der Waals surface area (Å²) in [5, 5.41) is 5.97. The second kappa shape index (κ2) is 7.82. The number of rotatable bonds is 5. The molecular weight excluding hydrogens is 340 g/mol. The fraction of sp³-hybridized carbons (Fsp3) is 0.200. The Bertz CT molecular complexity index is 907. The van der Waals surface area contributed by atoms with Gasteiger partial charge in [0.25, 0.3) is 5.91 Å². The SMILES string of the molecule is O=C(Nc1ccc(N2CCCC2)nc1)c1cccc(Nc2ncccn2)c1. The molecule has 7 heteroatoms. The van der Waals surface area contributed by atoms with Crippen molar-refractivity contribution in [2.24, 2.45) is 0 Å². The first-order chi connectivity index (χ1) is 13.3. The van der Waals surface area contributed by atoms with Crippen LogP contribution in [0.1, 0.15) is 23.2 Å². The number of nitrogens with one attached hydrogen (secondary N) is 2. The van der Waals surface area contributed by atoms with Crippen molar-refractivity contribution >= 4 is 29.0 Å². The van der Waals surface area contributed by atoms with Gasteiger partial charge in [0.2, 0.25) is 5.95 Å². The summed E-state index contributed by atoms with van der Waals surface area (Å²) in [5.41, 5.74) is 1.96. The Hall–Kier alpha value is -3.48. The van der Waals surface area contributed by atoms with E-state index in [1.54, 1.807) is 36.8 Å². The smallest absolute Gasteiger partial charge is 0.255 e. The van der Waals surface area contributed by atoms with Gasteiger partial charge in [-0.05, 0) is 49.2 Å². The predicted molar refractivity (Wildman–Crippen MR) is 105 cm³/mol. The van der Waals surface area contributed by atoms with Crippen molar-refractivity contribution in [3.8, 4) is 0 Å². The van der Waals surface area contributed by atoms with Gasteiger partial charge in [-0.2, -0.15) is 0 Å². The van der Waals surface area contributed by atoms with Crippen molar-refractivity contribution < 1.29 is 4.79 Å². The number of carbonyl (C=O) groups excluding carboxylic acids is 1. The number of hydrogen-bond acceptors (Lipinski definition) is 6. The molecule has 3 aromatic rings. The van der Waals surface area contributed by atoms with Crippen molar-refractivity contribution in [3.63, 3.8) is 0 Å². The zero-order chi connectivity index (χ0) is 18.5. The van der Waals surface area contributed by atoms with Crippen LogP contribution in [0.25, 0.3) is 0 Å². The molecule has 1 aromatic carbocycles. The number of benzene rings is 1. The third kappa shape index (κ3) is 4.20. The molecule has 0 aliphatic carbocycles. The minimum absolute atomic E-state index is 0.191. The summed E-state index contributed by atoms with van der Waals surface area (Å²) in [6.45, 7) is 2.09. The van der Waals surface area contributed by atoms with Gasteiger partial charge in [0, 0.05) is 36.7 Å². The molecule has 0 radical (unpaired) electrons. The van der Waals surface area contributed by atoms with Crippen LogP contribution < -0.4 is 15.5 Å². The third-order valence-electron chi connectivity index (χ3n) is 4.38. The summed E-state index contributed by atoms with van der Waals surface area (Å²) >= 11 is 0. The Labute approximate surface area is 157 Å². The Morgan fingerprint density at radius 1 is 0.926 bits per heavy atom. The average Bonchev–Trinajstić information content (AvgIpc) is 3.24. The zero-order valence-electron chi connectivity index (χ0n) is 14.8. The molecule has 0 unspecified atom stereocenters. The number of carbonyl (C=O) groups is 1.